The average Bonchev–Trinajstić information content (AvgIpc) is 2.39. The molecule has 0 amide bonds. The molecule has 2 aromatic heterocycles. The summed E-state index contributed by atoms with van der Waals surface area (Å²) in [6.07, 6.45) is 3.27. The van der Waals surface area contributed by atoms with Crippen molar-refractivity contribution in [3.05, 3.63) is 59.0 Å². The van der Waals surface area contributed by atoms with Gasteiger partial charge in [-0.3, -0.25) is 9.78 Å². The Kier molecular flexibility index (Phi) is 2.34. The van der Waals surface area contributed by atoms with Crippen molar-refractivity contribution in [3.8, 4) is 17.1 Å². The van der Waals surface area contributed by atoms with Crippen LogP contribution in [0.2, 0.25) is 0 Å². The van der Waals surface area contributed by atoms with E-state index in [4.69, 9.17) is 4.42 Å². The van der Waals surface area contributed by atoms with Crippen LogP contribution in [0, 0.1) is 0 Å². The topological polar surface area (TPSA) is 63.3 Å². The van der Waals surface area contributed by atoms with E-state index in [1.165, 1.54) is 12.1 Å². The number of phenolic OH excluding ortho intramolecular Hbond substituents is 1. The van der Waals surface area contributed by atoms with E-state index in [2.05, 4.69) is 4.98 Å². The van der Waals surface area contributed by atoms with Crippen LogP contribution in [-0.2, 0) is 0 Å². The van der Waals surface area contributed by atoms with E-state index in [0.717, 1.165) is 5.56 Å². The summed E-state index contributed by atoms with van der Waals surface area (Å²) in [5.41, 5.74) is 0.814. The summed E-state index contributed by atoms with van der Waals surface area (Å²) in [5, 5.41) is 9.84. The number of hydrogen-bond donors (Lipinski definition) is 1. The molecule has 1 N–H and O–H groups in total. The van der Waals surface area contributed by atoms with Crippen LogP contribution in [0.25, 0.3) is 22.3 Å². The van der Waals surface area contributed by atoms with E-state index in [-0.39, 0.29) is 16.6 Å². The number of pyridine rings is 1. The molecule has 0 atom stereocenters. The van der Waals surface area contributed by atoms with Gasteiger partial charge in [-0.15, -0.1) is 0 Å². The third-order valence-electron chi connectivity index (χ3n) is 2.68. The monoisotopic (exact) mass is 239 g/mol. The number of hydrogen-bond acceptors (Lipinski definition) is 4. The van der Waals surface area contributed by atoms with E-state index in [1.807, 2.05) is 0 Å². The number of phenols is 1. The standard InChI is InChI=1S/C14H9NO3/c16-10-4-1-5-12-14(10)11(17)7-13(18-12)9-3-2-6-15-8-9/h1-8,16H. The molecule has 0 unspecified atom stereocenters. The molecule has 0 saturated heterocycles. The van der Waals surface area contributed by atoms with E-state index in [1.54, 1.807) is 36.7 Å². The molecular weight excluding hydrogens is 230 g/mol. The van der Waals surface area contributed by atoms with Crippen molar-refractivity contribution in [3.63, 3.8) is 0 Å². The van der Waals surface area contributed by atoms with Gasteiger partial charge in [0.25, 0.3) is 0 Å². The molecule has 1 aromatic carbocycles. The first-order valence-corrected chi connectivity index (χ1v) is 5.42. The van der Waals surface area contributed by atoms with Crippen molar-refractivity contribution in [2.24, 2.45) is 0 Å². The fourth-order valence-electron chi connectivity index (χ4n) is 1.84. The van der Waals surface area contributed by atoms with Crippen LogP contribution in [0.1, 0.15) is 0 Å². The van der Waals surface area contributed by atoms with Gasteiger partial charge in [-0.05, 0) is 24.3 Å². The van der Waals surface area contributed by atoms with Gasteiger partial charge in [0.05, 0.1) is 0 Å². The Hall–Kier alpha value is -2.62. The van der Waals surface area contributed by atoms with Crippen molar-refractivity contribution >= 4 is 11.0 Å². The van der Waals surface area contributed by atoms with Gasteiger partial charge >= 0.3 is 0 Å². The molecule has 0 aliphatic carbocycles. The molecule has 3 aromatic rings. The molecule has 4 nitrogen and oxygen atoms in total. The maximum absolute atomic E-state index is 12.0. The Bertz CT molecular complexity index is 763. The van der Waals surface area contributed by atoms with Crippen LogP contribution in [0.15, 0.2) is 58.0 Å². The second kappa shape index (κ2) is 4.00. The van der Waals surface area contributed by atoms with Gasteiger partial charge in [0, 0.05) is 24.0 Å². The third kappa shape index (κ3) is 1.64. The average molecular weight is 239 g/mol. The fourth-order valence-corrected chi connectivity index (χ4v) is 1.84. The van der Waals surface area contributed by atoms with Gasteiger partial charge in [-0.1, -0.05) is 6.07 Å². The number of aromatic nitrogens is 1. The Morgan fingerprint density at radius 2 is 2.06 bits per heavy atom. The molecule has 2 heterocycles. The van der Waals surface area contributed by atoms with Gasteiger partial charge < -0.3 is 9.52 Å². The van der Waals surface area contributed by atoms with Crippen molar-refractivity contribution < 1.29 is 9.52 Å². The quantitative estimate of drug-likeness (QED) is 0.708. The van der Waals surface area contributed by atoms with E-state index in [0.29, 0.717) is 11.3 Å². The van der Waals surface area contributed by atoms with Crippen LogP contribution in [0.3, 0.4) is 0 Å². The van der Waals surface area contributed by atoms with Crippen LogP contribution in [0.5, 0.6) is 5.75 Å². The predicted octanol–water partition coefficient (Wildman–Crippen LogP) is 2.56. The van der Waals surface area contributed by atoms with Crippen LogP contribution in [0.4, 0.5) is 0 Å². The van der Waals surface area contributed by atoms with Gasteiger partial charge in [0.1, 0.15) is 22.5 Å². The molecule has 0 bridgehead atoms. The van der Waals surface area contributed by atoms with E-state index < -0.39 is 0 Å². The summed E-state index contributed by atoms with van der Waals surface area (Å²) in [6, 6.07) is 9.67. The Balaban J connectivity index is 2.33. The van der Waals surface area contributed by atoms with Crippen molar-refractivity contribution in [2.75, 3.05) is 0 Å². The molecule has 3 rings (SSSR count). The smallest absolute Gasteiger partial charge is 0.197 e. The molecule has 4 heteroatoms. The molecule has 0 spiro atoms. The lowest BCUT2D eigenvalue weighted by Gasteiger charge is -2.03. The highest BCUT2D eigenvalue weighted by atomic mass is 16.3. The Labute approximate surface area is 102 Å². The van der Waals surface area contributed by atoms with E-state index >= 15 is 0 Å². The summed E-state index contributed by atoms with van der Waals surface area (Å²) in [4.78, 5) is 15.9. The second-order valence-corrected chi connectivity index (χ2v) is 3.87. The first-order valence-electron chi connectivity index (χ1n) is 5.42. The summed E-state index contributed by atoms with van der Waals surface area (Å²) in [7, 11) is 0. The Morgan fingerprint density at radius 1 is 1.17 bits per heavy atom. The normalized spacial score (nSPS) is 10.7. The number of aromatic hydroxyl groups is 1. The zero-order valence-corrected chi connectivity index (χ0v) is 9.33. The minimum absolute atomic E-state index is 0.0704. The van der Waals surface area contributed by atoms with Gasteiger partial charge in [0.15, 0.2) is 5.43 Å². The van der Waals surface area contributed by atoms with Gasteiger partial charge in [-0.2, -0.15) is 0 Å². The Morgan fingerprint density at radius 3 is 2.83 bits per heavy atom. The highest BCUT2D eigenvalue weighted by Gasteiger charge is 2.09. The second-order valence-electron chi connectivity index (χ2n) is 3.87. The molecule has 0 aliphatic heterocycles. The predicted molar refractivity (Wildman–Crippen MR) is 67.4 cm³/mol. The lowest BCUT2D eigenvalue weighted by molar-refractivity contribution is 0.479. The maximum Gasteiger partial charge on any atom is 0.197 e. The van der Waals surface area contributed by atoms with Crippen molar-refractivity contribution in [1.29, 1.82) is 0 Å². The summed E-state index contributed by atoms with van der Waals surface area (Å²) in [6.45, 7) is 0. The zero-order chi connectivity index (χ0) is 12.5. The number of nitrogens with zero attached hydrogens (tertiary/aromatic N) is 1. The van der Waals surface area contributed by atoms with Crippen LogP contribution >= 0.6 is 0 Å². The molecule has 88 valence electrons. The van der Waals surface area contributed by atoms with Gasteiger partial charge in [-0.25, -0.2) is 0 Å². The summed E-state index contributed by atoms with van der Waals surface area (Å²) >= 11 is 0. The number of benzene rings is 1. The minimum atomic E-state index is -0.270. The molecule has 18 heavy (non-hydrogen) atoms. The SMILES string of the molecule is O=c1cc(-c2cccnc2)oc2cccc(O)c12. The van der Waals surface area contributed by atoms with Crippen molar-refractivity contribution in [2.45, 2.75) is 0 Å². The third-order valence-corrected chi connectivity index (χ3v) is 2.68. The van der Waals surface area contributed by atoms with Crippen LogP contribution < -0.4 is 5.43 Å². The summed E-state index contributed by atoms with van der Waals surface area (Å²) < 4.78 is 5.61. The van der Waals surface area contributed by atoms with E-state index in [9.17, 15) is 9.90 Å². The molecular formula is C14H9NO3. The highest BCUT2D eigenvalue weighted by molar-refractivity contribution is 5.84. The highest BCUT2D eigenvalue weighted by Crippen LogP contribution is 2.25. The lowest BCUT2D eigenvalue weighted by Crippen LogP contribution is -2.00. The van der Waals surface area contributed by atoms with Crippen molar-refractivity contribution in [1.82, 2.24) is 4.98 Å². The lowest BCUT2D eigenvalue weighted by atomic mass is 10.1. The molecule has 0 aliphatic rings. The van der Waals surface area contributed by atoms with Gasteiger partial charge in [0.2, 0.25) is 0 Å². The summed E-state index contributed by atoms with van der Waals surface area (Å²) in [5.74, 6) is 0.366. The van der Waals surface area contributed by atoms with Crippen LogP contribution in [-0.4, -0.2) is 10.1 Å². The molecule has 0 saturated carbocycles. The first-order chi connectivity index (χ1) is 8.75. The maximum atomic E-state index is 12.0. The minimum Gasteiger partial charge on any atom is -0.507 e. The fraction of sp³-hybridized carbons (Fsp3) is 0. The number of fused-ring (bicyclic) bond motifs is 1. The first kappa shape index (κ1) is 10.5. The zero-order valence-electron chi connectivity index (χ0n) is 9.33. The molecule has 0 fully saturated rings. The largest absolute Gasteiger partial charge is 0.507 e. The number of rotatable bonds is 1. The molecule has 0 radical (unpaired) electrons.